The van der Waals surface area contributed by atoms with Crippen LogP contribution in [0, 0.1) is 0 Å². The topological polar surface area (TPSA) is 79.3 Å². The molecule has 3 aromatic rings. The van der Waals surface area contributed by atoms with Gasteiger partial charge in [-0.25, -0.2) is 0 Å². The first kappa shape index (κ1) is 28.7. The minimum atomic E-state index is -0.884. The van der Waals surface area contributed by atoms with Crippen molar-refractivity contribution in [2.75, 3.05) is 37.1 Å². The number of nitrogens with zero attached hydrogens (tertiary/aromatic N) is 2. The molecular formula is C33H38N2O5. The summed E-state index contributed by atoms with van der Waals surface area (Å²) in [5, 5.41) is 11.8. The van der Waals surface area contributed by atoms with E-state index in [1.807, 2.05) is 36.4 Å². The molecule has 1 saturated heterocycles. The summed E-state index contributed by atoms with van der Waals surface area (Å²) < 4.78 is 11.1. The average molecular weight is 543 g/mol. The van der Waals surface area contributed by atoms with Gasteiger partial charge in [0.1, 0.15) is 17.3 Å². The van der Waals surface area contributed by atoms with Gasteiger partial charge >= 0.3 is 0 Å². The molecule has 0 aliphatic carbocycles. The lowest BCUT2D eigenvalue weighted by molar-refractivity contribution is -0.132. The van der Waals surface area contributed by atoms with Gasteiger partial charge in [0.2, 0.25) is 0 Å². The second kappa shape index (κ2) is 11.5. The summed E-state index contributed by atoms with van der Waals surface area (Å²) >= 11 is 0. The van der Waals surface area contributed by atoms with Crippen molar-refractivity contribution in [3.63, 3.8) is 0 Å². The number of Topliss-reactive ketones (excluding diaryl/α,β-unsaturated/α-hetero) is 1. The molecule has 7 heteroatoms. The molecule has 1 N–H and O–H groups in total. The number of aliphatic hydroxyl groups excluding tert-OH is 1. The Balaban J connectivity index is 1.99. The van der Waals surface area contributed by atoms with Crippen LogP contribution in [0.2, 0.25) is 0 Å². The molecule has 1 aliphatic heterocycles. The Bertz CT molecular complexity index is 1430. The number of ether oxygens (including phenoxy) is 2. The van der Waals surface area contributed by atoms with Crippen LogP contribution in [0.4, 0.5) is 11.4 Å². The van der Waals surface area contributed by atoms with E-state index in [1.165, 1.54) is 19.1 Å². The van der Waals surface area contributed by atoms with Crippen LogP contribution in [0.3, 0.4) is 0 Å². The van der Waals surface area contributed by atoms with Gasteiger partial charge in [0.15, 0.2) is 0 Å². The molecule has 7 nitrogen and oxygen atoms in total. The Hall–Kier alpha value is -4.26. The lowest BCUT2D eigenvalue weighted by Crippen LogP contribution is -2.30. The Morgan fingerprint density at radius 3 is 2.10 bits per heavy atom. The number of benzene rings is 3. The van der Waals surface area contributed by atoms with Gasteiger partial charge in [-0.05, 0) is 66.8 Å². The quantitative estimate of drug-likeness (QED) is 0.200. The molecule has 1 atom stereocenters. The van der Waals surface area contributed by atoms with Crippen molar-refractivity contribution in [2.45, 2.75) is 46.1 Å². The van der Waals surface area contributed by atoms with Gasteiger partial charge in [0, 0.05) is 18.8 Å². The summed E-state index contributed by atoms with van der Waals surface area (Å²) in [5.41, 5.74) is 3.25. The molecule has 1 fully saturated rings. The summed E-state index contributed by atoms with van der Waals surface area (Å²) in [5.74, 6) is -0.943. The highest BCUT2D eigenvalue weighted by atomic mass is 16.5. The standard InChI is InChI=1S/C33H38N2O5/c1-8-34(9-2)23-17-14-21(15-18-23)29-28(30(36)24-20-22(33(3,4)5)16-19-26(24)39-6)31(37)32(38)35(29)25-12-10-11-13-27(25)40-7/h10-20,29,36H,8-9H2,1-7H3/b30-28+. The van der Waals surface area contributed by atoms with Gasteiger partial charge in [-0.2, -0.15) is 0 Å². The summed E-state index contributed by atoms with van der Waals surface area (Å²) in [4.78, 5) is 31.1. The molecular weight excluding hydrogens is 504 g/mol. The fourth-order valence-electron chi connectivity index (χ4n) is 5.19. The third-order valence-electron chi connectivity index (χ3n) is 7.45. The van der Waals surface area contributed by atoms with E-state index in [-0.39, 0.29) is 16.7 Å². The number of methoxy groups -OCH3 is 2. The Kier molecular flexibility index (Phi) is 8.24. The first-order valence-corrected chi connectivity index (χ1v) is 13.5. The lowest BCUT2D eigenvalue weighted by Gasteiger charge is -2.28. The maximum Gasteiger partial charge on any atom is 0.300 e. The Morgan fingerprint density at radius 1 is 0.900 bits per heavy atom. The van der Waals surface area contributed by atoms with Gasteiger partial charge < -0.3 is 19.5 Å². The predicted molar refractivity (Wildman–Crippen MR) is 159 cm³/mol. The highest BCUT2D eigenvalue weighted by Gasteiger charge is 2.48. The number of hydrogen-bond donors (Lipinski definition) is 1. The molecule has 0 bridgehead atoms. The van der Waals surface area contributed by atoms with Crippen LogP contribution in [0.15, 0.2) is 72.3 Å². The summed E-state index contributed by atoms with van der Waals surface area (Å²) in [6.07, 6.45) is 0. The highest BCUT2D eigenvalue weighted by Crippen LogP contribution is 2.46. The van der Waals surface area contributed by atoms with Crippen molar-refractivity contribution in [3.05, 3.63) is 89.0 Å². The van der Waals surface area contributed by atoms with E-state index >= 15 is 0 Å². The fourth-order valence-corrected chi connectivity index (χ4v) is 5.19. The summed E-state index contributed by atoms with van der Waals surface area (Å²) in [6.45, 7) is 12.1. The average Bonchev–Trinajstić information content (AvgIpc) is 3.22. The van der Waals surface area contributed by atoms with Crippen molar-refractivity contribution in [1.29, 1.82) is 0 Å². The zero-order chi connectivity index (χ0) is 29.2. The van der Waals surface area contributed by atoms with Crippen molar-refractivity contribution in [3.8, 4) is 11.5 Å². The van der Waals surface area contributed by atoms with Crippen LogP contribution in [0.25, 0.3) is 5.76 Å². The van der Waals surface area contributed by atoms with Crippen LogP contribution in [0.1, 0.15) is 57.4 Å². The number of aliphatic hydroxyl groups is 1. The fraction of sp³-hybridized carbons (Fsp3) is 0.333. The molecule has 3 aromatic carbocycles. The molecule has 40 heavy (non-hydrogen) atoms. The first-order chi connectivity index (χ1) is 19.1. The maximum atomic E-state index is 13.7. The van der Waals surface area contributed by atoms with E-state index in [0.717, 1.165) is 24.3 Å². The molecule has 0 aromatic heterocycles. The maximum absolute atomic E-state index is 13.7. The largest absolute Gasteiger partial charge is 0.507 e. The molecule has 0 saturated carbocycles. The molecule has 1 amide bonds. The van der Waals surface area contributed by atoms with E-state index in [9.17, 15) is 14.7 Å². The second-order valence-corrected chi connectivity index (χ2v) is 10.8. The van der Waals surface area contributed by atoms with E-state index in [2.05, 4.69) is 39.5 Å². The minimum absolute atomic E-state index is 0.00384. The molecule has 4 rings (SSSR count). The molecule has 0 spiro atoms. The van der Waals surface area contributed by atoms with E-state index < -0.39 is 17.7 Å². The van der Waals surface area contributed by atoms with Crippen LogP contribution < -0.4 is 19.3 Å². The number of anilines is 2. The number of amides is 1. The number of para-hydroxylation sites is 2. The number of carbonyl (C=O) groups is 2. The van der Waals surface area contributed by atoms with Crippen LogP contribution in [-0.2, 0) is 15.0 Å². The molecule has 210 valence electrons. The molecule has 1 unspecified atom stereocenters. The van der Waals surface area contributed by atoms with Gasteiger partial charge in [-0.15, -0.1) is 0 Å². The number of ketones is 1. The zero-order valence-electron chi connectivity index (χ0n) is 24.3. The van der Waals surface area contributed by atoms with Crippen LogP contribution in [0.5, 0.6) is 11.5 Å². The van der Waals surface area contributed by atoms with E-state index in [0.29, 0.717) is 28.3 Å². The normalized spacial score (nSPS) is 16.8. The van der Waals surface area contributed by atoms with Gasteiger partial charge in [-0.3, -0.25) is 14.5 Å². The van der Waals surface area contributed by atoms with Gasteiger partial charge in [0.05, 0.1) is 37.1 Å². The van der Waals surface area contributed by atoms with Crippen molar-refractivity contribution in [1.82, 2.24) is 0 Å². The molecule has 1 aliphatic rings. The number of hydrogen-bond acceptors (Lipinski definition) is 6. The third-order valence-corrected chi connectivity index (χ3v) is 7.45. The van der Waals surface area contributed by atoms with Crippen molar-refractivity contribution in [2.24, 2.45) is 0 Å². The zero-order valence-corrected chi connectivity index (χ0v) is 24.3. The lowest BCUT2D eigenvalue weighted by atomic mass is 9.85. The minimum Gasteiger partial charge on any atom is -0.507 e. The molecule has 0 radical (unpaired) electrons. The van der Waals surface area contributed by atoms with Crippen molar-refractivity contribution >= 4 is 28.8 Å². The molecule has 1 heterocycles. The predicted octanol–water partition coefficient (Wildman–Crippen LogP) is 6.47. The van der Waals surface area contributed by atoms with Crippen LogP contribution in [-0.4, -0.2) is 44.1 Å². The van der Waals surface area contributed by atoms with Crippen molar-refractivity contribution < 1.29 is 24.2 Å². The number of carbonyl (C=O) groups excluding carboxylic acids is 2. The van der Waals surface area contributed by atoms with E-state index in [4.69, 9.17) is 9.47 Å². The van der Waals surface area contributed by atoms with Gasteiger partial charge in [0.25, 0.3) is 11.7 Å². The first-order valence-electron chi connectivity index (χ1n) is 13.5. The Morgan fingerprint density at radius 2 is 1.52 bits per heavy atom. The third kappa shape index (κ3) is 5.16. The SMILES string of the molecule is CCN(CC)c1ccc(C2/C(=C(\O)c3cc(C(C)(C)C)ccc3OC)C(=O)C(=O)N2c2ccccc2OC)cc1. The highest BCUT2D eigenvalue weighted by molar-refractivity contribution is 6.52. The van der Waals surface area contributed by atoms with Gasteiger partial charge in [-0.1, -0.05) is 51.1 Å². The van der Waals surface area contributed by atoms with E-state index in [1.54, 1.807) is 30.3 Å². The second-order valence-electron chi connectivity index (χ2n) is 10.8. The Labute approximate surface area is 236 Å². The summed E-state index contributed by atoms with van der Waals surface area (Å²) in [6, 6.07) is 19.5. The van der Waals surface area contributed by atoms with Crippen LogP contribution >= 0.6 is 0 Å². The smallest absolute Gasteiger partial charge is 0.300 e. The number of rotatable bonds is 8. The monoisotopic (exact) mass is 542 g/mol. The summed E-state index contributed by atoms with van der Waals surface area (Å²) in [7, 11) is 3.03.